The van der Waals surface area contributed by atoms with E-state index in [9.17, 15) is 19.2 Å². The Kier molecular flexibility index (Phi) is 17.4. The Bertz CT molecular complexity index is 861. The molecule has 4 amide bonds. The van der Waals surface area contributed by atoms with Gasteiger partial charge in [0.1, 0.15) is 6.04 Å². The first-order valence-electron chi connectivity index (χ1n) is 13.6. The van der Waals surface area contributed by atoms with Gasteiger partial charge in [-0.15, -0.1) is 0 Å². The Morgan fingerprint density at radius 2 is 1.75 bits per heavy atom. The fourth-order valence-corrected chi connectivity index (χ4v) is 5.90. The van der Waals surface area contributed by atoms with E-state index in [1.807, 2.05) is 11.8 Å². The van der Waals surface area contributed by atoms with E-state index in [1.54, 1.807) is 0 Å². The number of thiocarbonyl (C=S) groups is 1. The van der Waals surface area contributed by atoms with Gasteiger partial charge < -0.3 is 40.6 Å². The number of hydrogen-bond donors (Lipinski definition) is 5. The second kappa shape index (κ2) is 20.6. The van der Waals surface area contributed by atoms with Gasteiger partial charge in [0.15, 0.2) is 0 Å². The molecule has 2 aliphatic rings. The minimum Gasteiger partial charge on any atom is -0.481 e. The number of carbonyl (C=O) groups excluding carboxylic acids is 3. The molecule has 0 saturated carbocycles. The first kappa shape index (κ1) is 33.9. The van der Waals surface area contributed by atoms with Crippen molar-refractivity contribution in [1.29, 1.82) is 0 Å². The highest BCUT2D eigenvalue weighted by Crippen LogP contribution is 2.33. The van der Waals surface area contributed by atoms with Gasteiger partial charge in [-0.05, 0) is 37.9 Å². The number of isothiocyanates is 1. The van der Waals surface area contributed by atoms with Gasteiger partial charge >= 0.3 is 12.0 Å². The maximum atomic E-state index is 12.5. The van der Waals surface area contributed by atoms with Crippen LogP contribution in [0, 0.1) is 0 Å². The van der Waals surface area contributed by atoms with Crippen LogP contribution in [0.1, 0.15) is 44.9 Å². The van der Waals surface area contributed by atoms with Crippen molar-refractivity contribution in [2.75, 3.05) is 58.5 Å². The van der Waals surface area contributed by atoms with E-state index in [4.69, 9.17) is 19.3 Å². The predicted molar refractivity (Wildman–Crippen MR) is 153 cm³/mol. The largest absolute Gasteiger partial charge is 0.481 e. The van der Waals surface area contributed by atoms with Crippen LogP contribution in [0.4, 0.5) is 4.79 Å². The van der Waals surface area contributed by atoms with Crippen molar-refractivity contribution in [1.82, 2.24) is 21.3 Å². The average Bonchev–Trinajstić information content (AvgIpc) is 3.47. The molecular formula is C25H41N5O8S2. The van der Waals surface area contributed by atoms with Crippen molar-refractivity contribution in [3.63, 3.8) is 0 Å². The van der Waals surface area contributed by atoms with Crippen molar-refractivity contribution < 1.29 is 38.5 Å². The van der Waals surface area contributed by atoms with Crippen molar-refractivity contribution in [3.8, 4) is 0 Å². The van der Waals surface area contributed by atoms with Gasteiger partial charge in [-0.1, -0.05) is 6.42 Å². The minimum atomic E-state index is -1.17. The number of aliphatic imine (C=N–C) groups is 1. The van der Waals surface area contributed by atoms with Crippen molar-refractivity contribution >= 4 is 53.0 Å². The van der Waals surface area contributed by atoms with E-state index < -0.39 is 24.3 Å². The molecule has 0 aliphatic carbocycles. The average molecular weight is 604 g/mol. The molecule has 2 heterocycles. The third-order valence-corrected chi connectivity index (χ3v) is 7.88. The molecule has 2 saturated heterocycles. The number of carbonyl (C=O) groups is 4. The van der Waals surface area contributed by atoms with Gasteiger partial charge in [-0.2, -0.15) is 11.8 Å². The molecule has 0 aromatic heterocycles. The lowest BCUT2D eigenvalue weighted by Gasteiger charge is -2.18. The number of amides is 4. The fraction of sp³-hybridized carbons (Fsp3) is 0.800. The van der Waals surface area contributed by atoms with Crippen LogP contribution in [0.3, 0.4) is 0 Å². The van der Waals surface area contributed by atoms with Crippen molar-refractivity contribution in [3.05, 3.63) is 0 Å². The molecule has 0 radical (unpaired) electrons. The maximum Gasteiger partial charge on any atom is 0.315 e. The van der Waals surface area contributed by atoms with Gasteiger partial charge in [-0.25, -0.2) is 9.79 Å². The molecule has 0 aromatic rings. The number of ether oxygens (including phenoxy) is 3. The van der Waals surface area contributed by atoms with Gasteiger partial charge in [0.05, 0.1) is 56.6 Å². The van der Waals surface area contributed by atoms with Crippen LogP contribution in [0.2, 0.25) is 0 Å². The monoisotopic (exact) mass is 603 g/mol. The zero-order valence-electron chi connectivity index (χ0n) is 22.7. The molecule has 0 spiro atoms. The molecule has 2 rings (SSSR count). The summed E-state index contributed by atoms with van der Waals surface area (Å²) in [5.41, 5.74) is 0. The van der Waals surface area contributed by atoms with Crippen LogP contribution < -0.4 is 21.3 Å². The molecule has 0 bridgehead atoms. The summed E-state index contributed by atoms with van der Waals surface area (Å²) in [5.74, 6) is -1.19. The summed E-state index contributed by atoms with van der Waals surface area (Å²) in [6.45, 7) is 3.66. The lowest BCUT2D eigenvalue weighted by molar-refractivity contribution is -0.140. The molecule has 0 aromatic carbocycles. The summed E-state index contributed by atoms with van der Waals surface area (Å²) >= 11 is 6.30. The summed E-state index contributed by atoms with van der Waals surface area (Å²) in [5, 5.41) is 22.8. The smallest absolute Gasteiger partial charge is 0.315 e. The number of nitrogens with one attached hydrogen (secondary N) is 4. The quantitative estimate of drug-likeness (QED) is 0.0484. The Balaban J connectivity index is 1.49. The van der Waals surface area contributed by atoms with Crippen LogP contribution in [-0.4, -0.2) is 116 Å². The van der Waals surface area contributed by atoms with Crippen LogP contribution in [0.25, 0.3) is 0 Å². The lowest BCUT2D eigenvalue weighted by atomic mass is 10.0. The summed E-state index contributed by atoms with van der Waals surface area (Å²) in [4.78, 5) is 51.3. The third kappa shape index (κ3) is 14.4. The SMILES string of the molecule is O=C(O)CC(NC(=O)CCCCC1SCC2NC(=O)NC21)C(=O)NCCCOCCOCCOCCCN=C=S. The number of thioether (sulfide) groups is 1. The molecule has 15 heteroatoms. The summed E-state index contributed by atoms with van der Waals surface area (Å²) < 4.78 is 16.3. The minimum absolute atomic E-state index is 0.122. The molecule has 2 aliphatic heterocycles. The maximum absolute atomic E-state index is 12.5. The second-order valence-corrected chi connectivity index (χ2v) is 10.8. The molecule has 226 valence electrons. The number of unbranched alkanes of at least 4 members (excludes halogenated alkanes) is 1. The number of carboxylic acids is 1. The van der Waals surface area contributed by atoms with E-state index in [0.717, 1.165) is 25.0 Å². The van der Waals surface area contributed by atoms with Gasteiger partial charge in [-0.3, -0.25) is 14.4 Å². The van der Waals surface area contributed by atoms with Gasteiger partial charge in [0.25, 0.3) is 0 Å². The zero-order valence-corrected chi connectivity index (χ0v) is 24.3. The molecule has 40 heavy (non-hydrogen) atoms. The van der Waals surface area contributed by atoms with Crippen LogP contribution in [0.15, 0.2) is 4.99 Å². The molecule has 5 N–H and O–H groups in total. The second-order valence-electron chi connectivity index (χ2n) is 9.39. The summed E-state index contributed by atoms with van der Waals surface area (Å²) in [6.07, 6.45) is 3.30. The normalized spacial score (nSPS) is 20.1. The predicted octanol–water partition coefficient (Wildman–Crippen LogP) is 0.721. The summed E-state index contributed by atoms with van der Waals surface area (Å²) in [6, 6.07) is -0.980. The first-order chi connectivity index (χ1) is 19.4. The molecule has 4 unspecified atom stereocenters. The number of hydrogen-bond acceptors (Lipinski definition) is 10. The Morgan fingerprint density at radius 3 is 2.45 bits per heavy atom. The molecule has 2 fully saturated rings. The molecule has 13 nitrogen and oxygen atoms in total. The van der Waals surface area contributed by atoms with Crippen LogP contribution in [0.5, 0.6) is 0 Å². The Hall–Kier alpha value is -2.29. The highest BCUT2D eigenvalue weighted by molar-refractivity contribution is 8.00. The number of carboxylic acid groups (broad SMARTS) is 1. The number of fused-ring (bicyclic) bond motifs is 1. The first-order valence-corrected chi connectivity index (χ1v) is 15.1. The number of aliphatic carboxylic acids is 1. The Morgan fingerprint density at radius 1 is 1.05 bits per heavy atom. The van der Waals surface area contributed by atoms with E-state index in [2.05, 4.69) is 43.6 Å². The zero-order chi connectivity index (χ0) is 29.0. The number of rotatable bonds is 23. The van der Waals surface area contributed by atoms with Crippen molar-refractivity contribution in [2.45, 2.75) is 68.3 Å². The number of nitrogens with zero attached hydrogens (tertiary/aromatic N) is 1. The van der Waals surface area contributed by atoms with E-state index >= 15 is 0 Å². The lowest BCUT2D eigenvalue weighted by Crippen LogP contribution is -2.48. The van der Waals surface area contributed by atoms with Crippen molar-refractivity contribution in [2.24, 2.45) is 4.99 Å². The third-order valence-electron chi connectivity index (χ3n) is 6.24. The molecule has 4 atom stereocenters. The highest BCUT2D eigenvalue weighted by Gasteiger charge is 2.42. The summed E-state index contributed by atoms with van der Waals surface area (Å²) in [7, 11) is 0. The topological polar surface area (TPSA) is 177 Å². The number of urea groups is 1. The Labute approximate surface area is 244 Å². The van der Waals surface area contributed by atoms with Gasteiger partial charge in [0.2, 0.25) is 11.8 Å². The van der Waals surface area contributed by atoms with E-state index in [-0.39, 0.29) is 30.4 Å². The molecular weight excluding hydrogens is 562 g/mol. The van der Waals surface area contributed by atoms with E-state index in [0.29, 0.717) is 70.8 Å². The van der Waals surface area contributed by atoms with Crippen LogP contribution >= 0.6 is 24.0 Å². The standard InChI is InChI=1S/C25H41N5O8S2/c31-21(6-2-1-5-20-23-19(16-40-20)29-25(35)30-23)28-18(15-22(32)33)24(34)27-8-4-10-37-12-14-38-13-11-36-9-3-7-26-17-39/h18-20,23H,1-16H2,(H,27,34)(H,28,31)(H,32,33)(H2,29,30,35). The van der Waals surface area contributed by atoms with E-state index in [1.165, 1.54) is 0 Å². The van der Waals surface area contributed by atoms with Crippen LogP contribution in [-0.2, 0) is 28.6 Å². The van der Waals surface area contributed by atoms with Gasteiger partial charge in [0, 0.05) is 37.2 Å². The highest BCUT2D eigenvalue weighted by atomic mass is 32.2. The fourth-order valence-electron chi connectivity index (χ4n) is 4.27.